The van der Waals surface area contributed by atoms with E-state index in [0.29, 0.717) is 28.2 Å². The summed E-state index contributed by atoms with van der Waals surface area (Å²) in [6.07, 6.45) is 1.59. The second kappa shape index (κ2) is 10.1. The number of nitrogens with zero attached hydrogens (tertiary/aromatic N) is 3. The van der Waals surface area contributed by atoms with E-state index in [0.717, 1.165) is 11.4 Å². The van der Waals surface area contributed by atoms with E-state index in [1.54, 1.807) is 12.3 Å². The van der Waals surface area contributed by atoms with Crippen LogP contribution < -0.4 is 10.1 Å². The summed E-state index contributed by atoms with van der Waals surface area (Å²) in [4.78, 5) is 12.6. The van der Waals surface area contributed by atoms with Crippen LogP contribution in [0.25, 0.3) is 17.3 Å². The fourth-order valence-corrected chi connectivity index (χ4v) is 4.05. The van der Waals surface area contributed by atoms with Crippen molar-refractivity contribution < 1.29 is 13.9 Å². The number of nitrogens with one attached hydrogen (secondary N) is 1. The molecule has 2 heterocycles. The van der Waals surface area contributed by atoms with Gasteiger partial charge in [0.25, 0.3) is 0 Å². The van der Waals surface area contributed by atoms with Crippen molar-refractivity contribution in [1.29, 1.82) is 0 Å². The van der Waals surface area contributed by atoms with Crippen molar-refractivity contribution in [3.63, 3.8) is 0 Å². The molecule has 0 saturated carbocycles. The predicted octanol–water partition coefficient (Wildman–Crippen LogP) is 6.05. The van der Waals surface area contributed by atoms with Gasteiger partial charge in [0, 0.05) is 11.4 Å². The first-order valence-corrected chi connectivity index (χ1v) is 11.6. The molecule has 0 unspecified atom stereocenters. The van der Waals surface area contributed by atoms with E-state index in [-0.39, 0.29) is 11.7 Å². The van der Waals surface area contributed by atoms with Gasteiger partial charge in [-0.1, -0.05) is 48.2 Å². The van der Waals surface area contributed by atoms with Crippen LogP contribution in [0, 0.1) is 0 Å². The molecule has 5 aromatic rings. The number of thioether (sulfide) groups is 1. The van der Waals surface area contributed by atoms with Crippen molar-refractivity contribution >= 4 is 23.4 Å². The monoisotopic (exact) mass is 468 g/mol. The number of hydrogen-bond acceptors (Lipinski definition) is 6. The zero-order valence-electron chi connectivity index (χ0n) is 18.0. The van der Waals surface area contributed by atoms with Gasteiger partial charge in [-0.15, -0.1) is 10.2 Å². The Labute approximate surface area is 200 Å². The molecule has 0 atom stereocenters. The molecule has 0 aliphatic rings. The highest BCUT2D eigenvalue weighted by atomic mass is 32.2. The molecule has 0 radical (unpaired) electrons. The lowest BCUT2D eigenvalue weighted by atomic mass is 10.3. The van der Waals surface area contributed by atoms with Gasteiger partial charge in [0.15, 0.2) is 10.9 Å². The topological polar surface area (TPSA) is 82.2 Å². The SMILES string of the molecule is O=C(CSc1nnc(-c2ccco2)n1-c1ccccc1)Nc1ccc(Oc2ccccc2)cc1. The van der Waals surface area contributed by atoms with Crippen LogP contribution in [0.3, 0.4) is 0 Å². The molecule has 0 saturated heterocycles. The number of aromatic nitrogens is 3. The summed E-state index contributed by atoms with van der Waals surface area (Å²) in [5, 5.41) is 12.1. The normalized spacial score (nSPS) is 10.7. The maximum atomic E-state index is 12.6. The molecule has 0 spiro atoms. The number of anilines is 1. The summed E-state index contributed by atoms with van der Waals surface area (Å²) in [5.74, 6) is 2.65. The van der Waals surface area contributed by atoms with Crippen molar-refractivity contribution in [2.24, 2.45) is 0 Å². The van der Waals surface area contributed by atoms with E-state index in [2.05, 4.69) is 15.5 Å². The minimum absolute atomic E-state index is 0.149. The molecule has 8 heteroatoms. The third-order valence-electron chi connectivity index (χ3n) is 4.84. The van der Waals surface area contributed by atoms with Crippen molar-refractivity contribution in [2.45, 2.75) is 5.16 Å². The minimum atomic E-state index is -0.149. The molecule has 0 bridgehead atoms. The molecule has 0 aliphatic heterocycles. The Morgan fingerprint density at radius 3 is 2.26 bits per heavy atom. The summed E-state index contributed by atoms with van der Waals surface area (Å²) in [7, 11) is 0. The number of carbonyl (C=O) groups excluding carboxylic acids is 1. The first-order chi connectivity index (χ1) is 16.8. The summed E-state index contributed by atoms with van der Waals surface area (Å²) in [5.41, 5.74) is 1.57. The maximum absolute atomic E-state index is 12.6. The van der Waals surface area contributed by atoms with Gasteiger partial charge in [0.2, 0.25) is 11.7 Å². The average molecular weight is 469 g/mol. The van der Waals surface area contributed by atoms with Crippen molar-refractivity contribution in [1.82, 2.24) is 14.8 Å². The smallest absolute Gasteiger partial charge is 0.234 e. The first-order valence-electron chi connectivity index (χ1n) is 10.6. The number of carbonyl (C=O) groups is 1. The number of furan rings is 1. The summed E-state index contributed by atoms with van der Waals surface area (Å²) in [6.45, 7) is 0. The Bertz CT molecular complexity index is 1350. The van der Waals surface area contributed by atoms with Gasteiger partial charge in [-0.2, -0.15) is 0 Å². The van der Waals surface area contributed by atoms with E-state index in [9.17, 15) is 4.79 Å². The highest BCUT2D eigenvalue weighted by Gasteiger charge is 2.18. The van der Waals surface area contributed by atoms with E-state index in [1.165, 1.54) is 11.8 Å². The zero-order valence-corrected chi connectivity index (χ0v) is 18.8. The van der Waals surface area contributed by atoms with Crippen LogP contribution in [-0.4, -0.2) is 26.4 Å². The fraction of sp³-hybridized carbons (Fsp3) is 0.0385. The molecule has 168 valence electrons. The summed E-state index contributed by atoms with van der Waals surface area (Å²) >= 11 is 1.30. The van der Waals surface area contributed by atoms with Gasteiger partial charge in [-0.3, -0.25) is 9.36 Å². The third kappa shape index (κ3) is 5.02. The van der Waals surface area contributed by atoms with E-state index in [1.807, 2.05) is 95.6 Å². The van der Waals surface area contributed by atoms with Gasteiger partial charge >= 0.3 is 0 Å². The average Bonchev–Trinajstić information content (AvgIpc) is 3.55. The van der Waals surface area contributed by atoms with Crippen LogP contribution in [-0.2, 0) is 4.79 Å². The number of benzene rings is 3. The van der Waals surface area contributed by atoms with Crippen LogP contribution >= 0.6 is 11.8 Å². The van der Waals surface area contributed by atoms with Crippen LogP contribution in [0.2, 0.25) is 0 Å². The molecule has 5 rings (SSSR count). The summed E-state index contributed by atoms with van der Waals surface area (Å²) < 4.78 is 13.2. The first kappa shape index (κ1) is 21.5. The zero-order chi connectivity index (χ0) is 23.2. The molecule has 3 aromatic carbocycles. The largest absolute Gasteiger partial charge is 0.461 e. The van der Waals surface area contributed by atoms with E-state index in [4.69, 9.17) is 9.15 Å². The lowest BCUT2D eigenvalue weighted by molar-refractivity contribution is -0.113. The van der Waals surface area contributed by atoms with E-state index < -0.39 is 0 Å². The van der Waals surface area contributed by atoms with Gasteiger partial charge in [0.05, 0.1) is 12.0 Å². The molecule has 1 amide bonds. The lowest BCUT2D eigenvalue weighted by Crippen LogP contribution is -2.14. The number of ether oxygens (including phenoxy) is 1. The fourth-order valence-electron chi connectivity index (χ4n) is 3.30. The highest BCUT2D eigenvalue weighted by Crippen LogP contribution is 2.28. The Morgan fingerprint density at radius 2 is 1.56 bits per heavy atom. The van der Waals surface area contributed by atoms with Crippen LogP contribution in [0.4, 0.5) is 5.69 Å². The lowest BCUT2D eigenvalue weighted by Gasteiger charge is -2.10. The number of hydrogen-bond donors (Lipinski definition) is 1. The van der Waals surface area contributed by atoms with E-state index >= 15 is 0 Å². The van der Waals surface area contributed by atoms with Crippen molar-refractivity contribution in [2.75, 3.05) is 11.1 Å². The Kier molecular flexibility index (Phi) is 6.40. The van der Waals surface area contributed by atoms with Gasteiger partial charge in [-0.05, 0) is 60.7 Å². The van der Waals surface area contributed by atoms with Gasteiger partial charge < -0.3 is 14.5 Å². The minimum Gasteiger partial charge on any atom is -0.461 e. The Morgan fingerprint density at radius 1 is 0.853 bits per heavy atom. The Balaban J connectivity index is 1.25. The molecule has 2 aromatic heterocycles. The molecule has 1 N–H and O–H groups in total. The quantitative estimate of drug-likeness (QED) is 0.279. The molecule has 7 nitrogen and oxygen atoms in total. The molecule has 0 fully saturated rings. The standard InChI is InChI=1S/C26H20N4O3S/c31-24(27-19-13-15-22(16-14-19)33-21-10-5-2-6-11-21)18-34-26-29-28-25(23-12-7-17-32-23)30(26)20-8-3-1-4-9-20/h1-17H,18H2,(H,27,31). The maximum Gasteiger partial charge on any atom is 0.234 e. The van der Waals surface area contributed by atoms with Crippen LogP contribution in [0.15, 0.2) is 113 Å². The number of rotatable bonds is 8. The summed E-state index contributed by atoms with van der Waals surface area (Å²) in [6, 6.07) is 30.1. The highest BCUT2D eigenvalue weighted by molar-refractivity contribution is 7.99. The Hall–Kier alpha value is -4.30. The number of amides is 1. The molecule has 0 aliphatic carbocycles. The van der Waals surface area contributed by atoms with Gasteiger partial charge in [0.1, 0.15) is 11.5 Å². The molecule has 34 heavy (non-hydrogen) atoms. The van der Waals surface area contributed by atoms with Gasteiger partial charge in [-0.25, -0.2) is 0 Å². The van der Waals surface area contributed by atoms with Crippen LogP contribution in [0.1, 0.15) is 0 Å². The van der Waals surface area contributed by atoms with Crippen molar-refractivity contribution in [3.05, 3.63) is 103 Å². The molecular weight excluding hydrogens is 448 g/mol. The van der Waals surface area contributed by atoms with Crippen molar-refractivity contribution in [3.8, 4) is 28.8 Å². The second-order valence-electron chi connectivity index (χ2n) is 7.23. The molecular formula is C26H20N4O3S. The predicted molar refractivity (Wildman–Crippen MR) is 131 cm³/mol. The third-order valence-corrected chi connectivity index (χ3v) is 5.77. The second-order valence-corrected chi connectivity index (χ2v) is 8.17. The number of para-hydroxylation sites is 2. The van der Waals surface area contributed by atoms with Crippen LogP contribution in [0.5, 0.6) is 11.5 Å².